The van der Waals surface area contributed by atoms with Crippen molar-refractivity contribution in [1.29, 1.82) is 0 Å². The molecule has 0 fully saturated rings. The van der Waals surface area contributed by atoms with Crippen LogP contribution in [0.2, 0.25) is 0 Å². The molecule has 0 aliphatic rings. The monoisotopic (exact) mass is 460 g/mol. The van der Waals surface area contributed by atoms with E-state index < -0.39 is 29.1 Å². The zero-order valence-electron chi connectivity index (χ0n) is 16.9. The Balaban J connectivity index is 1.69. The number of furan rings is 1. The molecule has 33 heavy (non-hydrogen) atoms. The lowest BCUT2D eigenvalue weighted by Gasteiger charge is -2.14. The molecule has 0 atom stereocenters. The number of aromatic carboxylic acids is 1. The van der Waals surface area contributed by atoms with Gasteiger partial charge < -0.3 is 23.4 Å². The smallest absolute Gasteiger partial charge is 0.453 e. The van der Waals surface area contributed by atoms with Crippen LogP contribution in [0.4, 0.5) is 13.2 Å². The molecule has 0 saturated carbocycles. The first-order chi connectivity index (χ1) is 15.6. The van der Waals surface area contributed by atoms with Gasteiger partial charge in [0.2, 0.25) is 16.9 Å². The summed E-state index contributed by atoms with van der Waals surface area (Å²) < 4.78 is 61.8. The first-order valence-corrected chi connectivity index (χ1v) is 9.49. The van der Waals surface area contributed by atoms with Crippen LogP contribution in [-0.2, 0) is 12.8 Å². The van der Waals surface area contributed by atoms with Gasteiger partial charge in [0, 0.05) is 6.07 Å². The Morgan fingerprint density at radius 2 is 1.82 bits per heavy atom. The number of carboxylic acid groups (broad SMARTS) is 1. The fraction of sp³-hybridized carbons (Fsp3) is 0.130. The lowest BCUT2D eigenvalue weighted by atomic mass is 10.2. The van der Waals surface area contributed by atoms with Crippen LogP contribution in [0, 0.1) is 6.92 Å². The SMILES string of the molecule is Cc1cccc(Oc2c(C(F)(F)F)oc3cc(OCc4ccc(C(=O)O)o4)ccc3c2=O)c1. The number of alkyl halides is 3. The molecule has 0 unspecified atom stereocenters. The molecule has 4 aromatic rings. The summed E-state index contributed by atoms with van der Waals surface area (Å²) in [6.07, 6.45) is -5.00. The van der Waals surface area contributed by atoms with Crippen LogP contribution in [0.5, 0.6) is 17.2 Å². The summed E-state index contributed by atoms with van der Waals surface area (Å²) in [6, 6.07) is 12.6. The molecule has 1 N–H and O–H groups in total. The van der Waals surface area contributed by atoms with Gasteiger partial charge >= 0.3 is 12.1 Å². The highest BCUT2D eigenvalue weighted by atomic mass is 19.4. The number of benzene rings is 2. The first kappa shape index (κ1) is 22.0. The Hall–Kier alpha value is -4.21. The number of hydrogen-bond acceptors (Lipinski definition) is 6. The summed E-state index contributed by atoms with van der Waals surface area (Å²) in [4.78, 5) is 23.7. The van der Waals surface area contributed by atoms with Crippen LogP contribution in [0.1, 0.15) is 27.6 Å². The Kier molecular flexibility index (Phi) is 5.59. The highest BCUT2D eigenvalue weighted by Gasteiger charge is 2.40. The van der Waals surface area contributed by atoms with Gasteiger partial charge in [0.25, 0.3) is 5.76 Å². The van der Waals surface area contributed by atoms with Gasteiger partial charge in [0.15, 0.2) is 0 Å². The number of fused-ring (bicyclic) bond motifs is 1. The molecular formula is C23H15F3O7. The highest BCUT2D eigenvalue weighted by Crippen LogP contribution is 2.38. The maximum Gasteiger partial charge on any atom is 0.453 e. The molecule has 2 heterocycles. The number of carboxylic acids is 1. The summed E-state index contributed by atoms with van der Waals surface area (Å²) in [5, 5.41) is 8.73. The topological polar surface area (TPSA) is 99.1 Å². The zero-order chi connectivity index (χ0) is 23.8. The molecule has 0 spiro atoms. The summed E-state index contributed by atoms with van der Waals surface area (Å²) >= 11 is 0. The van der Waals surface area contributed by atoms with Crippen molar-refractivity contribution in [3.8, 4) is 17.2 Å². The zero-order valence-corrected chi connectivity index (χ0v) is 16.9. The van der Waals surface area contributed by atoms with Gasteiger partial charge in [-0.25, -0.2) is 4.79 Å². The van der Waals surface area contributed by atoms with Gasteiger partial charge in [-0.1, -0.05) is 12.1 Å². The van der Waals surface area contributed by atoms with Gasteiger partial charge in [0.05, 0.1) is 5.39 Å². The molecule has 10 heteroatoms. The van der Waals surface area contributed by atoms with Crippen LogP contribution >= 0.6 is 0 Å². The van der Waals surface area contributed by atoms with Crippen LogP contribution in [0.15, 0.2) is 68.2 Å². The van der Waals surface area contributed by atoms with E-state index in [2.05, 4.69) is 0 Å². The van der Waals surface area contributed by atoms with E-state index in [1.807, 2.05) is 0 Å². The van der Waals surface area contributed by atoms with Crippen molar-refractivity contribution in [3.05, 3.63) is 87.7 Å². The molecule has 2 aromatic carbocycles. The van der Waals surface area contributed by atoms with Crippen LogP contribution in [0.3, 0.4) is 0 Å². The predicted octanol–water partition coefficient (Wildman–Crippen LogP) is 5.78. The Labute approximate surface area is 183 Å². The van der Waals surface area contributed by atoms with Gasteiger partial charge in [-0.3, -0.25) is 4.79 Å². The minimum atomic E-state index is -5.00. The van der Waals surface area contributed by atoms with E-state index in [1.54, 1.807) is 19.1 Å². The quantitative estimate of drug-likeness (QED) is 0.389. The fourth-order valence-electron chi connectivity index (χ4n) is 3.05. The van der Waals surface area contributed by atoms with Crippen LogP contribution < -0.4 is 14.9 Å². The van der Waals surface area contributed by atoms with E-state index in [0.29, 0.717) is 0 Å². The summed E-state index contributed by atoms with van der Waals surface area (Å²) in [5.74, 6) is -3.74. The van der Waals surface area contributed by atoms with Crippen molar-refractivity contribution in [2.45, 2.75) is 19.7 Å². The average molecular weight is 460 g/mol. The van der Waals surface area contributed by atoms with Gasteiger partial charge in [-0.15, -0.1) is 0 Å². The molecule has 0 bridgehead atoms. The predicted molar refractivity (Wildman–Crippen MR) is 109 cm³/mol. The third-order valence-corrected chi connectivity index (χ3v) is 4.54. The number of hydrogen-bond donors (Lipinski definition) is 1. The number of ether oxygens (including phenoxy) is 2. The molecule has 170 valence electrons. The van der Waals surface area contributed by atoms with E-state index in [-0.39, 0.29) is 40.6 Å². The third-order valence-electron chi connectivity index (χ3n) is 4.54. The Bertz CT molecular complexity index is 1400. The van der Waals surface area contributed by atoms with Crippen molar-refractivity contribution < 1.29 is 41.4 Å². The maximum atomic E-state index is 13.7. The number of rotatable bonds is 6. The molecule has 0 radical (unpaired) electrons. The van der Waals surface area contributed by atoms with Crippen LogP contribution in [-0.4, -0.2) is 11.1 Å². The Morgan fingerprint density at radius 1 is 1.03 bits per heavy atom. The molecule has 7 nitrogen and oxygen atoms in total. The fourth-order valence-corrected chi connectivity index (χ4v) is 3.05. The summed E-state index contributed by atoms with van der Waals surface area (Å²) in [5.41, 5.74) is -0.610. The maximum absolute atomic E-state index is 13.7. The Morgan fingerprint density at radius 3 is 2.48 bits per heavy atom. The normalized spacial score (nSPS) is 11.5. The average Bonchev–Trinajstić information content (AvgIpc) is 3.23. The van der Waals surface area contributed by atoms with Gasteiger partial charge in [-0.2, -0.15) is 13.2 Å². The highest BCUT2D eigenvalue weighted by molar-refractivity contribution is 5.84. The second kappa shape index (κ2) is 8.38. The minimum Gasteiger partial charge on any atom is -0.486 e. The molecular weight excluding hydrogens is 445 g/mol. The standard InChI is InChI=1S/C23H15F3O7/c1-12-3-2-4-14(9-12)32-20-19(27)16-7-5-13(10-18(16)33-21(20)23(24,25)26)30-11-15-6-8-17(31-15)22(28)29/h2-10H,11H2,1H3,(H,28,29). The molecule has 0 aliphatic carbocycles. The third kappa shape index (κ3) is 4.69. The molecule has 0 saturated heterocycles. The lowest BCUT2D eigenvalue weighted by molar-refractivity contribution is -0.154. The number of halogens is 3. The molecule has 2 aromatic heterocycles. The van der Waals surface area contributed by atoms with E-state index in [9.17, 15) is 22.8 Å². The van der Waals surface area contributed by atoms with Gasteiger partial charge in [-0.05, 0) is 48.9 Å². The number of carbonyl (C=O) groups is 1. The van der Waals surface area contributed by atoms with Crippen molar-refractivity contribution in [3.63, 3.8) is 0 Å². The van der Waals surface area contributed by atoms with Crippen molar-refractivity contribution in [1.82, 2.24) is 0 Å². The van der Waals surface area contributed by atoms with Crippen molar-refractivity contribution >= 4 is 16.9 Å². The van der Waals surface area contributed by atoms with E-state index >= 15 is 0 Å². The molecule has 4 rings (SSSR count). The van der Waals surface area contributed by atoms with Gasteiger partial charge in [0.1, 0.15) is 29.4 Å². The van der Waals surface area contributed by atoms with E-state index in [0.717, 1.165) is 11.6 Å². The lowest BCUT2D eigenvalue weighted by Crippen LogP contribution is -2.15. The van der Waals surface area contributed by atoms with E-state index in [1.165, 1.54) is 36.4 Å². The second-order valence-corrected chi connectivity index (χ2v) is 7.02. The largest absolute Gasteiger partial charge is 0.486 e. The van der Waals surface area contributed by atoms with Crippen molar-refractivity contribution in [2.75, 3.05) is 0 Å². The molecule has 0 aliphatic heterocycles. The summed E-state index contributed by atoms with van der Waals surface area (Å²) in [7, 11) is 0. The number of aryl methyl sites for hydroxylation is 1. The molecule has 0 amide bonds. The van der Waals surface area contributed by atoms with Crippen molar-refractivity contribution in [2.24, 2.45) is 0 Å². The minimum absolute atomic E-state index is 0.0614. The second-order valence-electron chi connectivity index (χ2n) is 7.02. The van der Waals surface area contributed by atoms with E-state index in [4.69, 9.17) is 23.4 Å². The van der Waals surface area contributed by atoms with Crippen LogP contribution in [0.25, 0.3) is 11.0 Å². The first-order valence-electron chi connectivity index (χ1n) is 9.49. The summed E-state index contributed by atoms with van der Waals surface area (Å²) in [6.45, 7) is 1.54.